The number of nitrogens with zero attached hydrogens (tertiary/aromatic N) is 3. The molecule has 7 heteroatoms. The van der Waals surface area contributed by atoms with E-state index in [1.165, 1.54) is 30.6 Å². The van der Waals surface area contributed by atoms with Gasteiger partial charge in [-0.2, -0.15) is 0 Å². The lowest BCUT2D eigenvalue weighted by molar-refractivity contribution is -0.0264. The van der Waals surface area contributed by atoms with E-state index in [1.807, 2.05) is 23.8 Å². The second kappa shape index (κ2) is 6.42. The van der Waals surface area contributed by atoms with Crippen LogP contribution in [0.5, 0.6) is 0 Å². The van der Waals surface area contributed by atoms with Crippen LogP contribution in [-0.4, -0.2) is 42.1 Å². The number of hydrogen-bond donors (Lipinski definition) is 3. The van der Waals surface area contributed by atoms with Crippen LogP contribution in [0.1, 0.15) is 29.8 Å². The Morgan fingerprint density at radius 1 is 1.12 bits per heavy atom. The molecule has 1 aliphatic rings. The minimum atomic E-state index is -1.10. The van der Waals surface area contributed by atoms with E-state index < -0.39 is 30.3 Å². The molecular formula is C19H20FN3O3. The average molecular weight is 357 g/mol. The molecule has 5 atom stereocenters. The molecule has 0 radical (unpaired) electrons. The van der Waals surface area contributed by atoms with E-state index in [-0.39, 0.29) is 5.82 Å². The van der Waals surface area contributed by atoms with E-state index in [2.05, 4.69) is 9.97 Å². The first-order chi connectivity index (χ1) is 12.5. The number of benzene rings is 1. The molecule has 1 aliphatic carbocycles. The van der Waals surface area contributed by atoms with Gasteiger partial charge in [-0.05, 0) is 37.1 Å². The average Bonchev–Trinajstić information content (AvgIpc) is 3.18. The fraction of sp³-hybridized carbons (Fsp3) is 0.368. The predicted octanol–water partition coefficient (Wildman–Crippen LogP) is 1.90. The Bertz CT molecular complexity index is 927. The van der Waals surface area contributed by atoms with Crippen molar-refractivity contribution in [2.45, 2.75) is 37.7 Å². The zero-order chi connectivity index (χ0) is 18.4. The summed E-state index contributed by atoms with van der Waals surface area (Å²) in [6.45, 7) is 1.88. The molecule has 3 aromatic rings. The Hall–Kier alpha value is -2.35. The Labute approximate surface area is 149 Å². The monoisotopic (exact) mass is 357 g/mol. The maximum Gasteiger partial charge on any atom is 0.143 e. The molecule has 1 fully saturated rings. The smallest absolute Gasteiger partial charge is 0.143 e. The van der Waals surface area contributed by atoms with Gasteiger partial charge in [0.2, 0.25) is 0 Å². The van der Waals surface area contributed by atoms with Crippen molar-refractivity contribution in [3.05, 3.63) is 59.9 Å². The van der Waals surface area contributed by atoms with Crippen LogP contribution < -0.4 is 0 Å². The van der Waals surface area contributed by atoms with Crippen LogP contribution in [0.4, 0.5) is 4.39 Å². The summed E-state index contributed by atoms with van der Waals surface area (Å²) in [5.41, 5.74) is 2.04. The number of aromatic nitrogens is 3. The molecule has 1 saturated carbocycles. The van der Waals surface area contributed by atoms with E-state index in [9.17, 15) is 19.7 Å². The molecule has 3 N–H and O–H groups in total. The van der Waals surface area contributed by atoms with Crippen LogP contribution in [0.2, 0.25) is 0 Å². The Kier molecular flexibility index (Phi) is 4.22. The normalized spacial score (nSPS) is 27.1. The highest BCUT2D eigenvalue weighted by atomic mass is 19.1. The standard InChI is InChI=1S/C19H20FN3O3/c1-10-13-6-7-23(19(13)22-9-21-10)15-8-14(17(25)18(15)26)16(24)11-2-4-12(20)5-3-11/h2-7,9,14-18,24-26H,8H2,1H3/t14-,15-,16-,17-,18+/m1/s1. The van der Waals surface area contributed by atoms with Gasteiger partial charge in [-0.1, -0.05) is 12.1 Å². The van der Waals surface area contributed by atoms with Gasteiger partial charge < -0.3 is 19.9 Å². The number of aryl methyl sites for hydroxylation is 1. The zero-order valence-corrected chi connectivity index (χ0v) is 14.2. The summed E-state index contributed by atoms with van der Waals surface area (Å²) in [5, 5.41) is 32.6. The number of fused-ring (bicyclic) bond motifs is 1. The van der Waals surface area contributed by atoms with E-state index >= 15 is 0 Å². The molecule has 0 amide bonds. The molecule has 0 aliphatic heterocycles. The van der Waals surface area contributed by atoms with Crippen LogP contribution in [-0.2, 0) is 0 Å². The number of hydrogen-bond acceptors (Lipinski definition) is 5. The molecular weight excluding hydrogens is 337 g/mol. The zero-order valence-electron chi connectivity index (χ0n) is 14.2. The second-order valence-electron chi connectivity index (χ2n) is 6.86. The minimum absolute atomic E-state index is 0.369. The Morgan fingerprint density at radius 3 is 2.58 bits per heavy atom. The fourth-order valence-corrected chi connectivity index (χ4v) is 3.90. The first-order valence-electron chi connectivity index (χ1n) is 8.55. The number of aliphatic hydroxyl groups excluding tert-OH is 3. The lowest BCUT2D eigenvalue weighted by atomic mass is 9.92. The topological polar surface area (TPSA) is 91.4 Å². The van der Waals surface area contributed by atoms with Gasteiger partial charge in [-0.25, -0.2) is 14.4 Å². The lowest BCUT2D eigenvalue weighted by Gasteiger charge is -2.22. The number of aliphatic hydroxyl groups is 3. The summed E-state index contributed by atoms with van der Waals surface area (Å²) in [4.78, 5) is 8.46. The first kappa shape index (κ1) is 17.1. The number of halogens is 1. The fourth-order valence-electron chi connectivity index (χ4n) is 3.90. The Balaban J connectivity index is 1.65. The third-order valence-electron chi connectivity index (χ3n) is 5.38. The quantitative estimate of drug-likeness (QED) is 0.666. The van der Waals surface area contributed by atoms with Crippen LogP contribution in [0.25, 0.3) is 11.0 Å². The van der Waals surface area contributed by atoms with Gasteiger partial charge in [-0.3, -0.25) is 0 Å². The molecule has 26 heavy (non-hydrogen) atoms. The minimum Gasteiger partial charge on any atom is -0.390 e. The highest BCUT2D eigenvalue weighted by Gasteiger charge is 2.46. The van der Waals surface area contributed by atoms with Crippen molar-refractivity contribution in [3.63, 3.8) is 0 Å². The summed E-state index contributed by atoms with van der Waals surface area (Å²) in [5.74, 6) is -0.958. The number of rotatable bonds is 3. The van der Waals surface area contributed by atoms with Gasteiger partial charge in [0.25, 0.3) is 0 Å². The maximum absolute atomic E-state index is 13.1. The molecule has 4 rings (SSSR count). The second-order valence-corrected chi connectivity index (χ2v) is 6.86. The molecule has 1 aromatic carbocycles. The van der Waals surface area contributed by atoms with E-state index in [0.717, 1.165) is 11.1 Å². The van der Waals surface area contributed by atoms with Crippen molar-refractivity contribution in [3.8, 4) is 0 Å². The van der Waals surface area contributed by atoms with Crippen molar-refractivity contribution < 1.29 is 19.7 Å². The van der Waals surface area contributed by atoms with Crippen LogP contribution in [0.3, 0.4) is 0 Å². The molecule has 0 spiro atoms. The molecule has 2 heterocycles. The van der Waals surface area contributed by atoms with Gasteiger partial charge in [0.05, 0.1) is 23.9 Å². The lowest BCUT2D eigenvalue weighted by Crippen LogP contribution is -2.31. The summed E-state index contributed by atoms with van der Waals surface area (Å²) in [6, 6.07) is 6.99. The summed E-state index contributed by atoms with van der Waals surface area (Å²) < 4.78 is 14.9. The largest absolute Gasteiger partial charge is 0.390 e. The van der Waals surface area contributed by atoms with Crippen molar-refractivity contribution in [1.29, 1.82) is 0 Å². The predicted molar refractivity (Wildman–Crippen MR) is 92.8 cm³/mol. The summed E-state index contributed by atoms with van der Waals surface area (Å²) >= 11 is 0. The van der Waals surface area contributed by atoms with Crippen molar-refractivity contribution in [2.24, 2.45) is 5.92 Å². The molecule has 0 unspecified atom stereocenters. The molecule has 0 saturated heterocycles. The van der Waals surface area contributed by atoms with E-state index in [0.29, 0.717) is 17.6 Å². The SMILES string of the molecule is Cc1ncnc2c1ccn2[C@@H]1C[C@H]([C@H](O)c2ccc(F)cc2)[C@@H](O)[C@H]1O. The maximum atomic E-state index is 13.1. The third-order valence-corrected chi connectivity index (χ3v) is 5.38. The molecule has 2 aromatic heterocycles. The highest BCUT2D eigenvalue weighted by Crippen LogP contribution is 2.43. The first-order valence-corrected chi connectivity index (χ1v) is 8.55. The molecule has 0 bridgehead atoms. The van der Waals surface area contributed by atoms with E-state index in [4.69, 9.17) is 0 Å². The van der Waals surface area contributed by atoms with Crippen LogP contribution in [0, 0.1) is 18.7 Å². The van der Waals surface area contributed by atoms with Crippen LogP contribution in [0.15, 0.2) is 42.9 Å². The van der Waals surface area contributed by atoms with Gasteiger partial charge in [-0.15, -0.1) is 0 Å². The Morgan fingerprint density at radius 2 is 1.85 bits per heavy atom. The van der Waals surface area contributed by atoms with E-state index in [1.54, 1.807) is 0 Å². The summed E-state index contributed by atoms with van der Waals surface area (Å²) in [7, 11) is 0. The highest BCUT2D eigenvalue weighted by molar-refractivity contribution is 5.78. The van der Waals surface area contributed by atoms with Crippen molar-refractivity contribution in [2.75, 3.05) is 0 Å². The third kappa shape index (κ3) is 2.68. The van der Waals surface area contributed by atoms with Crippen LogP contribution >= 0.6 is 0 Å². The molecule has 136 valence electrons. The van der Waals surface area contributed by atoms with Gasteiger partial charge >= 0.3 is 0 Å². The van der Waals surface area contributed by atoms with Gasteiger partial charge in [0.1, 0.15) is 23.9 Å². The molecule has 6 nitrogen and oxygen atoms in total. The van der Waals surface area contributed by atoms with Crippen molar-refractivity contribution >= 4 is 11.0 Å². The van der Waals surface area contributed by atoms with Gasteiger partial charge in [0, 0.05) is 17.5 Å². The summed E-state index contributed by atoms with van der Waals surface area (Å²) in [6.07, 6.45) is 0.522. The van der Waals surface area contributed by atoms with Crippen molar-refractivity contribution in [1.82, 2.24) is 14.5 Å². The van der Waals surface area contributed by atoms with Gasteiger partial charge in [0.15, 0.2) is 0 Å².